The Bertz CT molecular complexity index is 1370. The topological polar surface area (TPSA) is 170 Å². The van der Waals surface area contributed by atoms with Gasteiger partial charge in [-0.3, -0.25) is 5.32 Å². The van der Waals surface area contributed by atoms with Crippen LogP contribution in [0.15, 0.2) is 18.2 Å². The summed E-state index contributed by atoms with van der Waals surface area (Å²) in [5.74, 6) is 0. The van der Waals surface area contributed by atoms with Gasteiger partial charge in [-0.15, -0.1) is 0 Å². The Morgan fingerprint density at radius 2 is 1.00 bits per heavy atom. The molecule has 0 radical (unpaired) electrons. The fourth-order valence-electron chi connectivity index (χ4n) is 9.57. The predicted molar refractivity (Wildman–Crippen MR) is 290 cm³/mol. The molecule has 1 heterocycles. The highest BCUT2D eigenvalue weighted by molar-refractivity contribution is 6.36. The molecule has 1 saturated heterocycles. The lowest BCUT2D eigenvalue weighted by Crippen LogP contribution is -2.60. The largest absolute Gasteiger partial charge is 0.446 e. The van der Waals surface area contributed by atoms with Crippen molar-refractivity contribution in [2.75, 3.05) is 25.1 Å². The number of hydrogen-bond donors (Lipinski definition) is 7. The number of nitrogens with one attached hydrogen (secondary N) is 2. The van der Waals surface area contributed by atoms with E-state index in [2.05, 4.69) is 24.5 Å². The molecule has 13 heteroatoms. The van der Waals surface area contributed by atoms with Gasteiger partial charge in [0.2, 0.25) is 0 Å². The van der Waals surface area contributed by atoms with Crippen molar-refractivity contribution in [1.82, 2.24) is 5.32 Å². The third kappa shape index (κ3) is 32.1. The highest BCUT2D eigenvalue weighted by atomic mass is 35.5. The van der Waals surface area contributed by atoms with Crippen molar-refractivity contribution < 1.29 is 44.5 Å². The second kappa shape index (κ2) is 44.1. The van der Waals surface area contributed by atoms with Gasteiger partial charge in [-0.2, -0.15) is 0 Å². The lowest BCUT2D eigenvalue weighted by molar-refractivity contribution is -0.302. The van der Waals surface area contributed by atoms with Gasteiger partial charge in [0.25, 0.3) is 0 Å². The van der Waals surface area contributed by atoms with Crippen molar-refractivity contribution in [3.63, 3.8) is 0 Å². The molecule has 0 spiro atoms. The minimum absolute atomic E-state index is 0.149. The number of hydrogen-bond acceptors (Lipinski definition) is 10. The van der Waals surface area contributed by atoms with Crippen molar-refractivity contribution in [3.8, 4) is 0 Å². The van der Waals surface area contributed by atoms with Crippen LogP contribution in [0.4, 0.5) is 10.5 Å². The van der Waals surface area contributed by atoms with E-state index in [-0.39, 0.29) is 17.3 Å². The second-order valence-electron chi connectivity index (χ2n) is 20.6. The zero-order valence-electron chi connectivity index (χ0n) is 44.3. The van der Waals surface area contributed by atoms with Crippen LogP contribution in [0.5, 0.6) is 0 Å². The molecule has 1 aromatic rings. The van der Waals surface area contributed by atoms with Crippen LogP contribution < -0.4 is 10.6 Å². The molecule has 0 aromatic heterocycles. The molecular formula is C57H104Cl2N2O9. The standard InChI is InChI=1S/C57H104Cl2N2O9/c1-3-5-7-9-11-13-15-17-18-19-20-21-22-23-24-25-26-27-28-30-32-34-36-38-42-60-49(52(63)50(62)39-37-35-33-31-29-16-14-12-10-8-6-4-2)44-68-56-55(66)54(65)53(64)51(70-56)45-69-57(67)61-48-41-40-46(58)43-47(48)59/h40-41,43,49-56,60,62-66H,3-39,42,44-45H2,1-2H3,(H,61,67)/t49-,50+,51+,52-,53-,54-,55+,56+/m0/s1. The van der Waals surface area contributed by atoms with Gasteiger partial charge in [-0.05, 0) is 37.6 Å². The molecule has 8 atom stereocenters. The number of aliphatic hydroxyl groups is 5. The Kier molecular flexibility index (Phi) is 40.8. The van der Waals surface area contributed by atoms with Gasteiger partial charge in [0, 0.05) is 5.02 Å². The Balaban J connectivity index is 1.70. The first-order valence-electron chi connectivity index (χ1n) is 28.9. The van der Waals surface area contributed by atoms with Crippen molar-refractivity contribution in [2.24, 2.45) is 0 Å². The molecular weight excluding hydrogens is 928 g/mol. The van der Waals surface area contributed by atoms with Crippen molar-refractivity contribution in [3.05, 3.63) is 28.2 Å². The first kappa shape index (κ1) is 64.9. The van der Waals surface area contributed by atoms with Crippen LogP contribution in [0.1, 0.15) is 251 Å². The molecule has 7 N–H and O–H groups in total. The van der Waals surface area contributed by atoms with E-state index in [1.54, 1.807) is 6.07 Å². The zero-order chi connectivity index (χ0) is 50.9. The van der Waals surface area contributed by atoms with Crippen molar-refractivity contribution in [1.29, 1.82) is 0 Å². The minimum Gasteiger partial charge on any atom is -0.446 e. The number of anilines is 1. The summed E-state index contributed by atoms with van der Waals surface area (Å²) in [4.78, 5) is 12.6. The number of ether oxygens (including phenoxy) is 3. The fraction of sp³-hybridized carbons (Fsp3) is 0.877. The number of unbranched alkanes of at least 4 members (excludes halogenated alkanes) is 34. The molecule has 1 aromatic carbocycles. The van der Waals surface area contributed by atoms with Gasteiger partial charge in [0.1, 0.15) is 31.0 Å². The van der Waals surface area contributed by atoms with Crippen LogP contribution in [0, 0.1) is 0 Å². The molecule has 0 bridgehead atoms. The first-order valence-corrected chi connectivity index (χ1v) is 29.6. The SMILES string of the molecule is CCCCCCCCCCCCCCCCCCCCCCCCCCN[C@@H](CO[C@@H]1O[C@H](COC(=O)Nc2ccc(Cl)cc2Cl)[C@H](O)[C@H](O)[C@H]1O)[C@H](O)[C@H](O)CCCCCCCCCCCCCC. The normalized spacial score (nSPS) is 19.6. The number of halogens is 2. The third-order valence-electron chi connectivity index (χ3n) is 14.3. The van der Waals surface area contributed by atoms with E-state index in [0.717, 1.165) is 38.5 Å². The summed E-state index contributed by atoms with van der Waals surface area (Å²) in [5, 5.41) is 61.3. The van der Waals surface area contributed by atoms with Crippen LogP contribution in [-0.4, -0.2) is 100 Å². The Labute approximate surface area is 436 Å². The van der Waals surface area contributed by atoms with Crippen LogP contribution in [0.2, 0.25) is 10.0 Å². The van der Waals surface area contributed by atoms with E-state index >= 15 is 0 Å². The average molecular weight is 1030 g/mol. The molecule has 70 heavy (non-hydrogen) atoms. The highest BCUT2D eigenvalue weighted by Crippen LogP contribution is 2.27. The Morgan fingerprint density at radius 3 is 1.43 bits per heavy atom. The molecule has 11 nitrogen and oxygen atoms in total. The van der Waals surface area contributed by atoms with Gasteiger partial charge in [-0.25, -0.2) is 4.79 Å². The predicted octanol–water partition coefficient (Wildman–Crippen LogP) is 14.5. The van der Waals surface area contributed by atoms with Crippen molar-refractivity contribution >= 4 is 35.0 Å². The molecule has 1 fully saturated rings. The summed E-state index contributed by atoms with van der Waals surface area (Å²) in [7, 11) is 0. The lowest BCUT2D eigenvalue weighted by atomic mass is 9.98. The van der Waals surface area contributed by atoms with E-state index < -0.39 is 61.7 Å². The minimum atomic E-state index is -1.66. The van der Waals surface area contributed by atoms with E-state index in [0.29, 0.717) is 18.0 Å². The molecule has 1 amide bonds. The van der Waals surface area contributed by atoms with Gasteiger partial charge >= 0.3 is 6.09 Å². The summed E-state index contributed by atoms with van der Waals surface area (Å²) in [6.07, 6.45) is 36.5. The zero-order valence-corrected chi connectivity index (χ0v) is 45.8. The molecule has 0 unspecified atom stereocenters. The number of carbonyl (C=O) groups excluding carboxylic acids is 1. The van der Waals surface area contributed by atoms with Crippen LogP contribution in [-0.2, 0) is 14.2 Å². The van der Waals surface area contributed by atoms with Crippen LogP contribution in [0.25, 0.3) is 0 Å². The van der Waals surface area contributed by atoms with Crippen LogP contribution in [0.3, 0.4) is 0 Å². The quantitative estimate of drug-likeness (QED) is 0.0312. The molecule has 410 valence electrons. The average Bonchev–Trinajstić information content (AvgIpc) is 3.35. The van der Waals surface area contributed by atoms with Gasteiger partial charge < -0.3 is 45.1 Å². The number of benzene rings is 1. The summed E-state index contributed by atoms with van der Waals surface area (Å²) in [6.45, 7) is 4.52. The Hall–Kier alpha value is -1.25. The maximum atomic E-state index is 12.6. The molecule has 2 rings (SSSR count). The van der Waals surface area contributed by atoms with E-state index in [9.17, 15) is 30.3 Å². The third-order valence-corrected chi connectivity index (χ3v) is 14.8. The van der Waals surface area contributed by atoms with Crippen molar-refractivity contribution in [2.45, 2.75) is 300 Å². The van der Waals surface area contributed by atoms with Gasteiger partial charge in [0.15, 0.2) is 6.29 Å². The lowest BCUT2D eigenvalue weighted by Gasteiger charge is -2.40. The highest BCUT2D eigenvalue weighted by Gasteiger charge is 2.45. The van der Waals surface area contributed by atoms with E-state index in [1.807, 2.05) is 0 Å². The number of rotatable bonds is 47. The molecule has 0 saturated carbocycles. The van der Waals surface area contributed by atoms with E-state index in [4.69, 9.17) is 37.4 Å². The molecule has 1 aliphatic heterocycles. The maximum absolute atomic E-state index is 12.6. The molecule has 0 aliphatic carbocycles. The molecule has 1 aliphatic rings. The second-order valence-corrected chi connectivity index (χ2v) is 21.5. The smallest absolute Gasteiger partial charge is 0.411 e. The first-order chi connectivity index (χ1) is 34.1. The summed E-state index contributed by atoms with van der Waals surface area (Å²) >= 11 is 12.1. The van der Waals surface area contributed by atoms with Gasteiger partial charge in [-0.1, -0.05) is 262 Å². The Morgan fingerprint density at radius 1 is 0.586 bits per heavy atom. The maximum Gasteiger partial charge on any atom is 0.411 e. The van der Waals surface area contributed by atoms with Gasteiger partial charge in [0.05, 0.1) is 35.6 Å². The summed E-state index contributed by atoms with van der Waals surface area (Å²) in [6, 6.07) is 3.84. The summed E-state index contributed by atoms with van der Waals surface area (Å²) in [5.41, 5.74) is 0.266. The number of aliphatic hydroxyl groups excluding tert-OH is 5. The number of amides is 1. The van der Waals surface area contributed by atoms with E-state index in [1.165, 1.54) is 205 Å². The number of carbonyl (C=O) groups is 1. The summed E-state index contributed by atoms with van der Waals surface area (Å²) < 4.78 is 17.0. The fourth-order valence-corrected chi connectivity index (χ4v) is 10.0. The van der Waals surface area contributed by atoms with Crippen LogP contribution >= 0.6 is 23.2 Å². The monoisotopic (exact) mass is 1030 g/mol.